The third kappa shape index (κ3) is 1.63. The van der Waals surface area contributed by atoms with E-state index in [4.69, 9.17) is 5.73 Å². The summed E-state index contributed by atoms with van der Waals surface area (Å²) in [5.41, 5.74) is 6.02. The molecule has 18 heavy (non-hydrogen) atoms. The molecule has 3 aliphatic rings. The second-order valence-electron chi connectivity index (χ2n) is 7.20. The van der Waals surface area contributed by atoms with Crippen molar-refractivity contribution < 1.29 is 4.79 Å². The van der Waals surface area contributed by atoms with E-state index in [1.807, 2.05) is 0 Å². The van der Waals surface area contributed by atoms with Crippen LogP contribution in [0.25, 0.3) is 0 Å². The minimum atomic E-state index is -0.168. The van der Waals surface area contributed by atoms with Gasteiger partial charge in [-0.2, -0.15) is 0 Å². The summed E-state index contributed by atoms with van der Waals surface area (Å²) in [6, 6.07) is -0.0882. The molecule has 2 aliphatic carbocycles. The number of nitrogens with one attached hydrogen (secondary N) is 1. The van der Waals surface area contributed by atoms with E-state index < -0.39 is 0 Å². The molecule has 0 spiro atoms. The van der Waals surface area contributed by atoms with Crippen molar-refractivity contribution in [2.45, 2.75) is 70.4 Å². The Labute approximate surface area is 110 Å². The fourth-order valence-electron chi connectivity index (χ4n) is 4.91. The molecule has 0 radical (unpaired) electrons. The van der Waals surface area contributed by atoms with Gasteiger partial charge in [-0.15, -0.1) is 0 Å². The molecule has 102 valence electrons. The molecule has 0 aromatic rings. The van der Waals surface area contributed by atoms with Gasteiger partial charge in [0.25, 0.3) is 0 Å². The first-order valence-corrected chi connectivity index (χ1v) is 7.55. The fourth-order valence-corrected chi connectivity index (χ4v) is 4.91. The minimum Gasteiger partial charge on any atom is -0.368 e. The number of hydrogen-bond acceptors (Lipinski definition) is 2. The Kier molecular flexibility index (Phi) is 2.74. The predicted molar refractivity (Wildman–Crippen MR) is 71.9 cm³/mol. The number of piperidine rings is 1. The molecular formula is C15H26N2O. The van der Waals surface area contributed by atoms with Gasteiger partial charge < -0.3 is 5.73 Å². The third-order valence-electron chi connectivity index (χ3n) is 6.19. The van der Waals surface area contributed by atoms with Crippen molar-refractivity contribution in [2.75, 3.05) is 0 Å². The zero-order valence-corrected chi connectivity index (χ0v) is 11.7. The van der Waals surface area contributed by atoms with Crippen LogP contribution in [0, 0.1) is 17.3 Å². The van der Waals surface area contributed by atoms with Crippen LogP contribution in [0.2, 0.25) is 0 Å². The summed E-state index contributed by atoms with van der Waals surface area (Å²) < 4.78 is 0. The molecule has 4 atom stereocenters. The lowest BCUT2D eigenvalue weighted by atomic mass is 9.75. The summed E-state index contributed by atoms with van der Waals surface area (Å²) in [6.07, 6.45) is 9.12. The summed E-state index contributed by atoms with van der Waals surface area (Å²) in [6.45, 7) is 4.74. The van der Waals surface area contributed by atoms with Crippen molar-refractivity contribution in [1.29, 1.82) is 0 Å². The zero-order valence-electron chi connectivity index (χ0n) is 11.7. The normalized spacial score (nSPS) is 45.6. The Morgan fingerprint density at radius 2 is 2.00 bits per heavy atom. The maximum absolute atomic E-state index is 11.4. The van der Waals surface area contributed by atoms with Crippen molar-refractivity contribution in [3.63, 3.8) is 0 Å². The van der Waals surface area contributed by atoms with E-state index >= 15 is 0 Å². The molecule has 1 aliphatic heterocycles. The van der Waals surface area contributed by atoms with Crippen molar-refractivity contribution in [2.24, 2.45) is 23.0 Å². The van der Waals surface area contributed by atoms with Gasteiger partial charge in [0.15, 0.2) is 0 Å². The first-order valence-electron chi connectivity index (χ1n) is 7.55. The van der Waals surface area contributed by atoms with E-state index in [0.717, 1.165) is 12.3 Å². The summed E-state index contributed by atoms with van der Waals surface area (Å²) in [7, 11) is 0. The van der Waals surface area contributed by atoms with Crippen LogP contribution in [0.4, 0.5) is 0 Å². The summed E-state index contributed by atoms with van der Waals surface area (Å²) in [5.74, 6) is 1.37. The molecule has 0 aromatic heterocycles. The lowest BCUT2D eigenvalue weighted by molar-refractivity contribution is -0.120. The lowest BCUT2D eigenvalue weighted by Gasteiger charge is -2.35. The molecule has 3 unspecified atom stereocenters. The maximum Gasteiger partial charge on any atom is 0.234 e. The number of carbonyl (C=O) groups excluding carboxylic acids is 1. The average molecular weight is 250 g/mol. The van der Waals surface area contributed by atoms with Crippen LogP contribution < -0.4 is 11.1 Å². The molecule has 3 fully saturated rings. The van der Waals surface area contributed by atoms with Crippen molar-refractivity contribution in [3.8, 4) is 0 Å². The second kappa shape index (κ2) is 3.96. The summed E-state index contributed by atoms with van der Waals surface area (Å²) >= 11 is 0. The number of nitrogens with two attached hydrogens (primary N) is 1. The maximum atomic E-state index is 11.4. The number of fused-ring (bicyclic) bond motifs is 1. The Hall–Kier alpha value is -0.570. The molecular weight excluding hydrogens is 224 g/mol. The van der Waals surface area contributed by atoms with Crippen molar-refractivity contribution in [3.05, 3.63) is 0 Å². The average Bonchev–Trinajstić information content (AvgIpc) is 2.83. The quantitative estimate of drug-likeness (QED) is 0.807. The molecule has 1 saturated heterocycles. The van der Waals surface area contributed by atoms with Crippen LogP contribution in [0.3, 0.4) is 0 Å². The van der Waals surface area contributed by atoms with E-state index in [1.165, 1.54) is 38.5 Å². The molecule has 1 amide bonds. The standard InChI is InChI=1S/C15H26N2O/c1-10(11-6-4-3-5-7-11)15-9-14(15,2)8-12(17-15)13(16)18/h10-12,17H,3-9H2,1-2H3,(H2,16,18)/t10-,12?,14?,15?/m0/s1. The van der Waals surface area contributed by atoms with Crippen LogP contribution in [0.1, 0.15) is 58.8 Å². The van der Waals surface area contributed by atoms with E-state index in [-0.39, 0.29) is 17.5 Å². The molecule has 3 nitrogen and oxygen atoms in total. The Morgan fingerprint density at radius 3 is 2.56 bits per heavy atom. The minimum absolute atomic E-state index is 0.0882. The van der Waals surface area contributed by atoms with E-state index in [1.54, 1.807) is 0 Å². The lowest BCUT2D eigenvalue weighted by Crippen LogP contribution is -2.48. The monoisotopic (exact) mass is 250 g/mol. The Bertz CT molecular complexity index is 364. The van der Waals surface area contributed by atoms with E-state index in [2.05, 4.69) is 19.2 Å². The molecule has 0 aromatic carbocycles. The van der Waals surface area contributed by atoms with Gasteiger partial charge in [-0.3, -0.25) is 10.1 Å². The van der Waals surface area contributed by atoms with Gasteiger partial charge in [0.1, 0.15) is 0 Å². The molecule has 0 bridgehead atoms. The largest absolute Gasteiger partial charge is 0.368 e. The van der Waals surface area contributed by atoms with Gasteiger partial charge in [0, 0.05) is 5.54 Å². The second-order valence-corrected chi connectivity index (χ2v) is 7.20. The molecule has 3 N–H and O–H groups in total. The zero-order chi connectivity index (χ0) is 13.0. The van der Waals surface area contributed by atoms with Crippen LogP contribution in [-0.4, -0.2) is 17.5 Å². The first kappa shape index (κ1) is 12.5. The van der Waals surface area contributed by atoms with Gasteiger partial charge in [-0.05, 0) is 30.1 Å². The topological polar surface area (TPSA) is 55.1 Å². The Balaban J connectivity index is 1.74. The number of rotatable bonds is 3. The third-order valence-corrected chi connectivity index (χ3v) is 6.19. The smallest absolute Gasteiger partial charge is 0.234 e. The SMILES string of the molecule is C[C@@H](C1CCCCC1)C12CC1(C)CC(C(N)=O)N2. The van der Waals surface area contributed by atoms with Gasteiger partial charge >= 0.3 is 0 Å². The number of hydrogen-bond donors (Lipinski definition) is 2. The van der Waals surface area contributed by atoms with Gasteiger partial charge in [0.05, 0.1) is 6.04 Å². The van der Waals surface area contributed by atoms with Crippen LogP contribution in [-0.2, 0) is 4.79 Å². The van der Waals surface area contributed by atoms with E-state index in [9.17, 15) is 4.79 Å². The van der Waals surface area contributed by atoms with Crippen LogP contribution >= 0.6 is 0 Å². The molecule has 3 rings (SSSR count). The van der Waals surface area contributed by atoms with Gasteiger partial charge in [0.2, 0.25) is 5.91 Å². The number of primary amides is 1. The van der Waals surface area contributed by atoms with Gasteiger partial charge in [-0.25, -0.2) is 0 Å². The number of carbonyl (C=O) groups is 1. The van der Waals surface area contributed by atoms with Crippen molar-refractivity contribution >= 4 is 5.91 Å². The molecule has 1 heterocycles. The highest BCUT2D eigenvalue weighted by Crippen LogP contribution is 2.68. The Morgan fingerprint density at radius 1 is 1.33 bits per heavy atom. The van der Waals surface area contributed by atoms with Crippen molar-refractivity contribution in [1.82, 2.24) is 5.32 Å². The first-order chi connectivity index (χ1) is 8.48. The molecule has 3 heteroatoms. The van der Waals surface area contributed by atoms with Crippen LogP contribution in [0.15, 0.2) is 0 Å². The predicted octanol–water partition coefficient (Wildman–Crippen LogP) is 2.20. The van der Waals surface area contributed by atoms with Gasteiger partial charge in [-0.1, -0.05) is 46.0 Å². The summed E-state index contributed by atoms with van der Waals surface area (Å²) in [5, 5.41) is 3.60. The highest BCUT2D eigenvalue weighted by atomic mass is 16.1. The molecule has 2 saturated carbocycles. The van der Waals surface area contributed by atoms with E-state index in [0.29, 0.717) is 11.3 Å². The summed E-state index contributed by atoms with van der Waals surface area (Å²) in [4.78, 5) is 11.4. The van der Waals surface area contributed by atoms with Crippen LogP contribution in [0.5, 0.6) is 0 Å². The highest BCUT2D eigenvalue weighted by molar-refractivity contribution is 5.81. The number of amides is 1. The fraction of sp³-hybridized carbons (Fsp3) is 0.933. The highest BCUT2D eigenvalue weighted by Gasteiger charge is 2.72.